The summed E-state index contributed by atoms with van der Waals surface area (Å²) in [5.74, 6) is 0.354. The van der Waals surface area contributed by atoms with Crippen molar-refractivity contribution in [3.8, 4) is 56.4 Å². The number of para-hydroxylation sites is 1. The predicted molar refractivity (Wildman–Crippen MR) is 207 cm³/mol. The molecule has 7 aromatic carbocycles. The van der Waals surface area contributed by atoms with Crippen LogP contribution < -0.4 is 0 Å². The Hall–Kier alpha value is -6.43. The zero-order chi connectivity index (χ0) is 42.6. The summed E-state index contributed by atoms with van der Waals surface area (Å²) in [6, 6.07) is 24.7. The van der Waals surface area contributed by atoms with E-state index in [1.54, 1.807) is 0 Å². The highest BCUT2D eigenvalue weighted by molar-refractivity contribution is 7.26. The summed E-state index contributed by atoms with van der Waals surface area (Å²) in [5.41, 5.74) is 3.85. The monoisotopic (exact) mass is 668 g/mol. The van der Waals surface area contributed by atoms with Crippen molar-refractivity contribution in [1.29, 1.82) is 0 Å². The Labute approximate surface area is 307 Å². The van der Waals surface area contributed by atoms with Gasteiger partial charge in [-0.3, -0.25) is 0 Å². The first-order chi connectivity index (χ1) is 29.3. The summed E-state index contributed by atoms with van der Waals surface area (Å²) in [4.78, 5) is 14.7. The molecule has 50 heavy (non-hydrogen) atoms. The lowest BCUT2D eigenvalue weighted by atomic mass is 10.0. The number of thiophene rings is 1. The fraction of sp³-hybridized carbons (Fsp3) is 0. The number of benzene rings is 7. The molecule has 0 saturated carbocycles. The van der Waals surface area contributed by atoms with Crippen LogP contribution in [0.5, 0.6) is 0 Å². The Morgan fingerprint density at radius 3 is 1.98 bits per heavy atom. The van der Waals surface area contributed by atoms with Gasteiger partial charge in [-0.1, -0.05) is 139 Å². The van der Waals surface area contributed by atoms with Crippen molar-refractivity contribution in [3.05, 3.63) is 164 Å². The van der Waals surface area contributed by atoms with Gasteiger partial charge in [0.05, 0.1) is 15.1 Å². The zero-order valence-corrected chi connectivity index (χ0v) is 26.7. The van der Waals surface area contributed by atoms with Crippen molar-refractivity contribution in [1.82, 2.24) is 15.0 Å². The fourth-order valence-electron chi connectivity index (χ4n) is 6.25. The molecule has 0 aliphatic carbocycles. The summed E-state index contributed by atoms with van der Waals surface area (Å²) >= 11 is 0.882. The lowest BCUT2D eigenvalue weighted by Crippen LogP contribution is -2.00. The first-order valence-electron chi connectivity index (χ1n) is 21.2. The normalized spacial score (nSPS) is 14.7. The van der Waals surface area contributed by atoms with Crippen molar-refractivity contribution < 1.29 is 19.5 Å². The molecule has 0 saturated heterocycles. The standard InChI is InChI=1S/C45H27N3OS/c1-3-11-28(12-4-1)29-21-23-31(24-22-29)43-46-44(32-25-26-35-34-15-7-8-19-38(34)49-39(35)27-32)48-45(47-43)37-18-10-20-40-41(37)36-17-9-16-33(42(36)50-40)30-13-5-2-6-14-30/h1-27H/i2D,5D,6D,9D,10D,13D,14D,16D,17D,18D,20D. The molecule has 3 aromatic heterocycles. The molecule has 0 spiro atoms. The van der Waals surface area contributed by atoms with Gasteiger partial charge in [0.25, 0.3) is 0 Å². The van der Waals surface area contributed by atoms with Crippen molar-refractivity contribution in [3.63, 3.8) is 0 Å². The number of nitrogens with zero attached hydrogens (tertiary/aromatic N) is 3. The molecule has 0 radical (unpaired) electrons. The summed E-state index contributed by atoms with van der Waals surface area (Å²) in [6.07, 6.45) is 0. The van der Waals surface area contributed by atoms with Crippen molar-refractivity contribution >= 4 is 53.4 Å². The topological polar surface area (TPSA) is 51.8 Å². The molecule has 0 unspecified atom stereocenters. The number of hydrogen-bond donors (Lipinski definition) is 0. The van der Waals surface area contributed by atoms with Crippen LogP contribution in [-0.2, 0) is 0 Å². The van der Waals surface area contributed by atoms with E-state index in [1.165, 1.54) is 0 Å². The maximum Gasteiger partial charge on any atom is 0.164 e. The van der Waals surface area contributed by atoms with Gasteiger partial charge in [0, 0.05) is 47.6 Å². The second-order valence-corrected chi connectivity index (χ2v) is 12.6. The van der Waals surface area contributed by atoms with Crippen LogP contribution in [0.3, 0.4) is 0 Å². The van der Waals surface area contributed by atoms with Gasteiger partial charge in [0.1, 0.15) is 11.2 Å². The molecule has 10 aromatic rings. The number of furan rings is 1. The molecule has 3 heterocycles. The van der Waals surface area contributed by atoms with Crippen molar-refractivity contribution in [2.45, 2.75) is 0 Å². The minimum Gasteiger partial charge on any atom is -0.456 e. The first kappa shape index (κ1) is 19.5. The quantitative estimate of drug-likeness (QED) is 0.183. The zero-order valence-electron chi connectivity index (χ0n) is 36.9. The Balaban J connectivity index is 1.28. The minimum absolute atomic E-state index is 0.000710. The smallest absolute Gasteiger partial charge is 0.164 e. The highest BCUT2D eigenvalue weighted by Gasteiger charge is 2.19. The van der Waals surface area contributed by atoms with E-state index in [0.29, 0.717) is 22.3 Å². The fourth-order valence-corrected chi connectivity index (χ4v) is 7.37. The lowest BCUT2D eigenvalue weighted by molar-refractivity contribution is 0.669. The summed E-state index contributed by atoms with van der Waals surface area (Å²) in [5, 5.41) is 1.91. The molecule has 0 bridgehead atoms. The van der Waals surface area contributed by atoms with Crippen LogP contribution in [0.4, 0.5) is 0 Å². The van der Waals surface area contributed by atoms with Crippen LogP contribution in [0.25, 0.3) is 98.5 Å². The number of hydrogen-bond acceptors (Lipinski definition) is 5. The number of fused-ring (bicyclic) bond motifs is 6. The Morgan fingerprint density at radius 1 is 0.460 bits per heavy atom. The SMILES string of the molecule is [2H]c1c([2H])c([2H])c(-c2c([2H])c([2H])c([2H])c3c2sc2c([2H])c([2H])c([2H])c(-c4nc(-c5ccc(-c6ccccc6)cc5)nc(-c5ccc6c(c5)oc5ccccc56)n4)c23)c([2H])c1[2H]. The average Bonchev–Trinajstić information content (AvgIpc) is 3.86. The average molecular weight is 669 g/mol. The van der Waals surface area contributed by atoms with E-state index in [1.807, 2.05) is 97.1 Å². The Morgan fingerprint density at radius 2 is 1.12 bits per heavy atom. The van der Waals surface area contributed by atoms with Gasteiger partial charge < -0.3 is 4.42 Å². The second-order valence-electron chi connectivity index (χ2n) is 11.6. The van der Waals surface area contributed by atoms with Crippen LogP contribution in [0.1, 0.15) is 15.1 Å². The van der Waals surface area contributed by atoms with Crippen LogP contribution in [-0.4, -0.2) is 15.0 Å². The molecule has 0 N–H and O–H groups in total. The van der Waals surface area contributed by atoms with Crippen LogP contribution in [0, 0.1) is 0 Å². The number of rotatable bonds is 5. The third-order valence-corrected chi connectivity index (χ3v) is 9.74. The van der Waals surface area contributed by atoms with Gasteiger partial charge in [-0.25, -0.2) is 15.0 Å². The van der Waals surface area contributed by atoms with Crippen molar-refractivity contribution in [2.75, 3.05) is 0 Å². The minimum atomic E-state index is -0.641. The van der Waals surface area contributed by atoms with E-state index in [0.717, 1.165) is 33.2 Å². The molecule has 0 fully saturated rings. The molecule has 0 amide bonds. The molecule has 0 atom stereocenters. The molecule has 5 heteroatoms. The van der Waals surface area contributed by atoms with E-state index in [-0.39, 0.29) is 60.4 Å². The summed E-state index contributed by atoms with van der Waals surface area (Å²) in [7, 11) is 0. The van der Waals surface area contributed by atoms with Crippen LogP contribution in [0.2, 0.25) is 0 Å². The molecule has 0 aliphatic heterocycles. The van der Waals surface area contributed by atoms with Crippen molar-refractivity contribution in [2.24, 2.45) is 0 Å². The van der Waals surface area contributed by atoms with Gasteiger partial charge in [-0.2, -0.15) is 0 Å². The number of aromatic nitrogens is 3. The van der Waals surface area contributed by atoms with Crippen LogP contribution >= 0.6 is 11.3 Å². The largest absolute Gasteiger partial charge is 0.456 e. The van der Waals surface area contributed by atoms with Gasteiger partial charge in [0.2, 0.25) is 0 Å². The third kappa shape index (κ3) is 4.79. The van der Waals surface area contributed by atoms with Gasteiger partial charge in [-0.05, 0) is 46.5 Å². The summed E-state index contributed by atoms with van der Waals surface area (Å²) < 4.78 is 103. The maximum absolute atomic E-state index is 9.35. The van der Waals surface area contributed by atoms with E-state index < -0.39 is 60.4 Å². The van der Waals surface area contributed by atoms with Gasteiger partial charge in [-0.15, -0.1) is 11.3 Å². The molecule has 10 rings (SSSR count). The Kier molecular flexibility index (Phi) is 4.54. The van der Waals surface area contributed by atoms with E-state index >= 15 is 0 Å². The highest BCUT2D eigenvalue weighted by atomic mass is 32.1. The highest BCUT2D eigenvalue weighted by Crippen LogP contribution is 2.43. The molecular formula is C45H27N3OS. The first-order valence-corrected chi connectivity index (χ1v) is 16.5. The molecule has 234 valence electrons. The summed E-state index contributed by atoms with van der Waals surface area (Å²) in [6.45, 7) is 0. The van der Waals surface area contributed by atoms with Gasteiger partial charge >= 0.3 is 0 Å². The maximum atomic E-state index is 9.35. The van der Waals surface area contributed by atoms with E-state index in [9.17, 15) is 2.74 Å². The molecule has 0 aliphatic rings. The Bertz CT molecular complexity index is 3470. The van der Waals surface area contributed by atoms with E-state index in [2.05, 4.69) is 0 Å². The van der Waals surface area contributed by atoms with Gasteiger partial charge in [0.15, 0.2) is 17.5 Å². The van der Waals surface area contributed by atoms with Crippen LogP contribution in [0.15, 0.2) is 168 Å². The van der Waals surface area contributed by atoms with E-state index in [4.69, 9.17) is 31.7 Å². The predicted octanol–water partition coefficient (Wildman–Crippen LogP) is 12.5. The second kappa shape index (κ2) is 11.6. The molecule has 4 nitrogen and oxygen atoms in total. The molecular weight excluding hydrogens is 631 g/mol. The lowest BCUT2D eigenvalue weighted by Gasteiger charge is -2.10. The third-order valence-electron chi connectivity index (χ3n) is 8.62.